The van der Waals surface area contributed by atoms with Crippen LogP contribution >= 0.6 is 0 Å². The van der Waals surface area contributed by atoms with Crippen molar-refractivity contribution in [1.29, 1.82) is 0 Å². The Kier molecular flexibility index (Phi) is 3.76. The number of carbonyl (C=O) groups is 1. The second-order valence-corrected chi connectivity index (χ2v) is 7.24. The van der Waals surface area contributed by atoms with Crippen molar-refractivity contribution in [3.05, 3.63) is 30.2 Å². The fourth-order valence-corrected chi connectivity index (χ4v) is 4.24. The molecule has 1 spiro atoms. The highest BCUT2D eigenvalue weighted by Gasteiger charge is 2.43. The van der Waals surface area contributed by atoms with Gasteiger partial charge in [0.1, 0.15) is 5.76 Å². The molecule has 0 bridgehead atoms. The highest BCUT2D eigenvalue weighted by molar-refractivity contribution is 5.92. The molecule has 0 radical (unpaired) electrons. The van der Waals surface area contributed by atoms with Gasteiger partial charge < -0.3 is 9.42 Å². The van der Waals surface area contributed by atoms with E-state index in [1.54, 1.807) is 0 Å². The van der Waals surface area contributed by atoms with E-state index in [0.29, 0.717) is 11.6 Å². The Hall–Kier alpha value is -1.62. The van der Waals surface area contributed by atoms with E-state index in [-0.39, 0.29) is 11.4 Å². The molecule has 0 N–H and O–H groups in total. The van der Waals surface area contributed by atoms with Gasteiger partial charge in [0.25, 0.3) is 5.91 Å². The summed E-state index contributed by atoms with van der Waals surface area (Å²) >= 11 is 0. The predicted molar refractivity (Wildman–Crippen MR) is 87.4 cm³/mol. The molecule has 0 aromatic carbocycles. The first kappa shape index (κ1) is 14.9. The van der Waals surface area contributed by atoms with Crippen LogP contribution in [0.5, 0.6) is 0 Å². The van der Waals surface area contributed by atoms with Crippen LogP contribution < -0.4 is 0 Å². The molecule has 1 aromatic rings. The summed E-state index contributed by atoms with van der Waals surface area (Å²) in [7, 11) is 0. The maximum Gasteiger partial charge on any atom is 0.276 e. The summed E-state index contributed by atoms with van der Waals surface area (Å²) in [5, 5.41) is 4.00. The Bertz CT molecular complexity index is 597. The fourth-order valence-electron chi connectivity index (χ4n) is 4.24. The standard InChI is InChI=1S/C18H25N3O2/c1-2-9-21-10-3-6-18(21)7-11-20(12-8-18)17(22)15-13-16(23-19-15)14-4-5-14/h2,13-14H,1,3-12H2. The molecule has 23 heavy (non-hydrogen) atoms. The molecule has 1 aliphatic carbocycles. The van der Waals surface area contributed by atoms with Crippen molar-refractivity contribution < 1.29 is 9.32 Å². The van der Waals surface area contributed by atoms with Gasteiger partial charge in [-0.2, -0.15) is 0 Å². The van der Waals surface area contributed by atoms with E-state index in [2.05, 4.69) is 16.6 Å². The zero-order valence-corrected chi connectivity index (χ0v) is 13.7. The molecule has 3 aliphatic rings. The number of piperidine rings is 1. The Labute approximate surface area is 137 Å². The molecule has 5 nitrogen and oxygen atoms in total. The third-order valence-corrected chi connectivity index (χ3v) is 5.80. The number of amides is 1. The van der Waals surface area contributed by atoms with Gasteiger partial charge in [0.2, 0.25) is 0 Å². The highest BCUT2D eigenvalue weighted by atomic mass is 16.5. The molecule has 2 aliphatic heterocycles. The predicted octanol–water partition coefficient (Wildman–Crippen LogP) is 2.81. The van der Waals surface area contributed by atoms with Crippen LogP contribution in [0.2, 0.25) is 0 Å². The first-order chi connectivity index (χ1) is 11.2. The molecular formula is C18H25N3O2. The normalized spacial score (nSPS) is 24.3. The Morgan fingerprint density at radius 2 is 2.13 bits per heavy atom. The number of hydrogen-bond donors (Lipinski definition) is 0. The van der Waals surface area contributed by atoms with Crippen LogP contribution in [0.3, 0.4) is 0 Å². The second-order valence-electron chi connectivity index (χ2n) is 7.24. The molecule has 2 saturated heterocycles. The molecule has 1 saturated carbocycles. The lowest BCUT2D eigenvalue weighted by Crippen LogP contribution is -2.53. The van der Waals surface area contributed by atoms with E-state index in [1.807, 2.05) is 17.0 Å². The zero-order valence-electron chi connectivity index (χ0n) is 13.7. The monoisotopic (exact) mass is 315 g/mol. The van der Waals surface area contributed by atoms with Gasteiger partial charge in [-0.25, -0.2) is 0 Å². The highest BCUT2D eigenvalue weighted by Crippen LogP contribution is 2.41. The first-order valence-corrected chi connectivity index (χ1v) is 8.84. The number of carbonyl (C=O) groups excluding carboxylic acids is 1. The second kappa shape index (κ2) is 5.78. The van der Waals surface area contributed by atoms with Crippen LogP contribution in [-0.2, 0) is 0 Å². The topological polar surface area (TPSA) is 49.6 Å². The summed E-state index contributed by atoms with van der Waals surface area (Å²) in [6.07, 6.45) is 8.94. The summed E-state index contributed by atoms with van der Waals surface area (Å²) in [5.74, 6) is 1.41. The van der Waals surface area contributed by atoms with Gasteiger partial charge in [-0.1, -0.05) is 11.2 Å². The van der Waals surface area contributed by atoms with Crippen molar-refractivity contribution in [2.45, 2.75) is 50.0 Å². The summed E-state index contributed by atoms with van der Waals surface area (Å²) in [4.78, 5) is 17.1. The van der Waals surface area contributed by atoms with Crippen molar-refractivity contribution in [1.82, 2.24) is 15.0 Å². The number of likely N-dealkylation sites (tertiary alicyclic amines) is 2. The number of nitrogens with zero attached hydrogens (tertiary/aromatic N) is 3. The molecule has 0 atom stereocenters. The van der Waals surface area contributed by atoms with Gasteiger partial charge in [-0.15, -0.1) is 6.58 Å². The SMILES string of the molecule is C=CCN1CCCC12CCN(C(=O)c1cc(C3CC3)on1)CC2. The van der Waals surface area contributed by atoms with Crippen LogP contribution in [0, 0.1) is 0 Å². The number of hydrogen-bond acceptors (Lipinski definition) is 4. The fraction of sp³-hybridized carbons (Fsp3) is 0.667. The molecule has 0 unspecified atom stereocenters. The van der Waals surface area contributed by atoms with Gasteiger partial charge in [-0.3, -0.25) is 9.69 Å². The molecular weight excluding hydrogens is 290 g/mol. The summed E-state index contributed by atoms with van der Waals surface area (Å²) in [5.41, 5.74) is 0.769. The minimum Gasteiger partial charge on any atom is -0.360 e. The van der Waals surface area contributed by atoms with Crippen molar-refractivity contribution in [2.24, 2.45) is 0 Å². The minimum atomic E-state index is 0.0313. The number of aromatic nitrogens is 1. The number of rotatable bonds is 4. The largest absolute Gasteiger partial charge is 0.360 e. The molecule has 4 rings (SSSR count). The van der Waals surface area contributed by atoms with E-state index in [0.717, 1.165) is 57.6 Å². The lowest BCUT2D eigenvalue weighted by atomic mass is 9.85. The van der Waals surface area contributed by atoms with E-state index >= 15 is 0 Å². The Balaban J connectivity index is 1.40. The Morgan fingerprint density at radius 1 is 1.35 bits per heavy atom. The maximum absolute atomic E-state index is 12.6. The Morgan fingerprint density at radius 3 is 2.83 bits per heavy atom. The molecule has 3 fully saturated rings. The van der Waals surface area contributed by atoms with Crippen molar-refractivity contribution >= 4 is 5.91 Å². The van der Waals surface area contributed by atoms with E-state index in [1.165, 1.54) is 12.8 Å². The van der Waals surface area contributed by atoms with E-state index in [9.17, 15) is 4.79 Å². The van der Waals surface area contributed by atoms with Crippen LogP contribution in [0.4, 0.5) is 0 Å². The third kappa shape index (κ3) is 2.71. The van der Waals surface area contributed by atoms with Gasteiger partial charge in [0.05, 0.1) is 0 Å². The molecule has 3 heterocycles. The third-order valence-electron chi connectivity index (χ3n) is 5.80. The summed E-state index contributed by atoms with van der Waals surface area (Å²) < 4.78 is 5.33. The lowest BCUT2D eigenvalue weighted by molar-refractivity contribution is 0.0444. The van der Waals surface area contributed by atoms with Crippen molar-refractivity contribution in [2.75, 3.05) is 26.2 Å². The van der Waals surface area contributed by atoms with Crippen LogP contribution in [0.1, 0.15) is 60.7 Å². The smallest absolute Gasteiger partial charge is 0.276 e. The van der Waals surface area contributed by atoms with Gasteiger partial charge in [0.15, 0.2) is 5.69 Å². The van der Waals surface area contributed by atoms with E-state index < -0.39 is 0 Å². The zero-order chi connectivity index (χ0) is 15.9. The molecule has 124 valence electrons. The first-order valence-electron chi connectivity index (χ1n) is 8.84. The minimum absolute atomic E-state index is 0.0313. The van der Waals surface area contributed by atoms with Crippen LogP contribution in [0.25, 0.3) is 0 Å². The van der Waals surface area contributed by atoms with Gasteiger partial charge in [0, 0.05) is 37.2 Å². The average Bonchev–Trinajstić information content (AvgIpc) is 3.19. The van der Waals surface area contributed by atoms with Crippen LogP contribution in [-0.4, -0.2) is 52.6 Å². The maximum atomic E-state index is 12.6. The summed E-state index contributed by atoms with van der Waals surface area (Å²) in [6, 6.07) is 1.85. The lowest BCUT2D eigenvalue weighted by Gasteiger charge is -2.44. The average molecular weight is 315 g/mol. The van der Waals surface area contributed by atoms with Gasteiger partial charge in [-0.05, 0) is 45.1 Å². The van der Waals surface area contributed by atoms with Crippen molar-refractivity contribution in [3.8, 4) is 0 Å². The summed E-state index contributed by atoms with van der Waals surface area (Å²) in [6.45, 7) is 7.64. The van der Waals surface area contributed by atoms with E-state index in [4.69, 9.17) is 4.52 Å². The van der Waals surface area contributed by atoms with Gasteiger partial charge >= 0.3 is 0 Å². The van der Waals surface area contributed by atoms with Crippen LogP contribution in [0.15, 0.2) is 23.2 Å². The molecule has 5 heteroatoms. The molecule has 1 amide bonds. The quantitative estimate of drug-likeness (QED) is 0.802. The molecule has 1 aromatic heterocycles. The van der Waals surface area contributed by atoms with Crippen molar-refractivity contribution in [3.63, 3.8) is 0 Å².